The lowest BCUT2D eigenvalue weighted by Crippen LogP contribution is -2.62. The highest BCUT2D eigenvalue weighted by molar-refractivity contribution is 5.83. The number of nitrogens with zero attached hydrogens (tertiary/aromatic N) is 3. The number of piperidine rings is 1. The van der Waals surface area contributed by atoms with Crippen molar-refractivity contribution >= 4 is 23.3 Å². The zero-order valence-electron chi connectivity index (χ0n) is 20.7. The highest BCUT2D eigenvalue weighted by Crippen LogP contribution is 2.39. The van der Waals surface area contributed by atoms with Gasteiger partial charge >= 0.3 is 5.97 Å². The Morgan fingerprint density at radius 3 is 2.49 bits per heavy atom. The summed E-state index contributed by atoms with van der Waals surface area (Å²) in [6.07, 6.45) is 2.07. The first-order chi connectivity index (χ1) is 17.1. The van der Waals surface area contributed by atoms with Crippen LogP contribution in [0, 0.1) is 11.8 Å². The molecule has 35 heavy (non-hydrogen) atoms. The Bertz CT molecular complexity index is 1050. The number of hydrogen-bond donors (Lipinski definition) is 0. The van der Waals surface area contributed by atoms with Crippen molar-refractivity contribution < 1.29 is 19.1 Å². The summed E-state index contributed by atoms with van der Waals surface area (Å²) in [5.41, 5.74) is 3.59. The molecule has 7 nitrogen and oxygen atoms in total. The molecule has 0 aromatic heterocycles. The molecule has 3 aliphatic heterocycles. The second kappa shape index (κ2) is 10.2. The molecule has 3 heterocycles. The van der Waals surface area contributed by atoms with Gasteiger partial charge in [-0.05, 0) is 49.9 Å². The summed E-state index contributed by atoms with van der Waals surface area (Å²) in [6.45, 7) is 6.03. The lowest BCUT2D eigenvalue weighted by molar-refractivity contribution is -0.152. The highest BCUT2D eigenvalue weighted by atomic mass is 16.5. The Labute approximate surface area is 207 Å². The molecule has 2 unspecified atom stereocenters. The lowest BCUT2D eigenvalue weighted by atomic mass is 9.82. The maximum atomic E-state index is 13.9. The number of para-hydroxylation sites is 1. The molecule has 0 bridgehead atoms. The van der Waals surface area contributed by atoms with Crippen molar-refractivity contribution in [1.82, 2.24) is 4.90 Å². The number of methoxy groups -OCH3 is 1. The third-order valence-corrected chi connectivity index (χ3v) is 7.79. The van der Waals surface area contributed by atoms with Gasteiger partial charge in [-0.25, -0.2) is 0 Å². The molecule has 0 N–H and O–H groups in total. The van der Waals surface area contributed by atoms with E-state index in [1.54, 1.807) is 7.11 Å². The van der Waals surface area contributed by atoms with E-state index in [1.165, 1.54) is 16.9 Å². The summed E-state index contributed by atoms with van der Waals surface area (Å²) < 4.78 is 10.7. The Hall–Kier alpha value is -3.22. The van der Waals surface area contributed by atoms with E-state index < -0.39 is 0 Å². The van der Waals surface area contributed by atoms with Gasteiger partial charge in [0.25, 0.3) is 0 Å². The first-order valence-electron chi connectivity index (χ1n) is 12.8. The Balaban J connectivity index is 1.38. The quantitative estimate of drug-likeness (QED) is 0.616. The van der Waals surface area contributed by atoms with Crippen molar-refractivity contribution in [2.75, 3.05) is 56.2 Å². The van der Waals surface area contributed by atoms with E-state index in [-0.39, 0.29) is 29.8 Å². The van der Waals surface area contributed by atoms with Gasteiger partial charge in [-0.15, -0.1) is 0 Å². The van der Waals surface area contributed by atoms with Crippen LogP contribution in [0.25, 0.3) is 0 Å². The van der Waals surface area contributed by atoms with Crippen molar-refractivity contribution in [3.63, 3.8) is 0 Å². The van der Waals surface area contributed by atoms with Gasteiger partial charge in [0.2, 0.25) is 5.91 Å². The highest BCUT2D eigenvalue weighted by Gasteiger charge is 2.44. The van der Waals surface area contributed by atoms with Crippen LogP contribution in [0.3, 0.4) is 0 Å². The summed E-state index contributed by atoms with van der Waals surface area (Å²) in [7, 11) is 1.70. The van der Waals surface area contributed by atoms with Crippen LogP contribution in [0.5, 0.6) is 5.75 Å². The van der Waals surface area contributed by atoms with Gasteiger partial charge in [-0.2, -0.15) is 0 Å². The van der Waals surface area contributed by atoms with Gasteiger partial charge in [-0.1, -0.05) is 24.3 Å². The van der Waals surface area contributed by atoms with Gasteiger partial charge < -0.3 is 24.2 Å². The summed E-state index contributed by atoms with van der Waals surface area (Å²) in [4.78, 5) is 32.9. The van der Waals surface area contributed by atoms with Crippen LogP contribution in [0.2, 0.25) is 0 Å². The molecule has 3 aliphatic rings. The number of esters is 1. The second-order valence-corrected chi connectivity index (χ2v) is 9.70. The van der Waals surface area contributed by atoms with Gasteiger partial charge in [0.05, 0.1) is 31.6 Å². The third kappa shape index (κ3) is 4.68. The van der Waals surface area contributed by atoms with Crippen molar-refractivity contribution in [3.05, 3.63) is 54.1 Å². The molecular weight excluding hydrogens is 442 g/mol. The molecular formula is C28H35N3O4. The first kappa shape index (κ1) is 23.5. The number of carbonyl (C=O) groups excluding carboxylic acids is 2. The molecule has 0 radical (unpaired) electrons. The molecule has 2 saturated heterocycles. The largest absolute Gasteiger partial charge is 0.497 e. The number of amides is 1. The van der Waals surface area contributed by atoms with Crippen LogP contribution >= 0.6 is 0 Å². The molecule has 2 atom stereocenters. The maximum Gasteiger partial charge on any atom is 0.309 e. The number of benzene rings is 2. The summed E-state index contributed by atoms with van der Waals surface area (Å²) in [6, 6.07) is 16.8. The SMILES string of the molecule is CCOC(=O)C1CCN(C(=O)C2Cc3ccc(OC)cc3N3CCN(c4ccccc4)CC23)CC1. The topological polar surface area (TPSA) is 62.3 Å². The maximum absolute atomic E-state index is 13.9. The number of carbonyl (C=O) groups is 2. The molecule has 186 valence electrons. The number of hydrogen-bond acceptors (Lipinski definition) is 6. The predicted molar refractivity (Wildman–Crippen MR) is 136 cm³/mol. The van der Waals surface area contributed by atoms with Gasteiger partial charge in [-0.3, -0.25) is 9.59 Å². The van der Waals surface area contributed by atoms with Gasteiger partial charge in [0.1, 0.15) is 5.75 Å². The number of fused-ring (bicyclic) bond motifs is 3. The summed E-state index contributed by atoms with van der Waals surface area (Å²) in [5.74, 6) is 0.703. The van der Waals surface area contributed by atoms with Crippen molar-refractivity contribution in [2.45, 2.75) is 32.2 Å². The van der Waals surface area contributed by atoms with Crippen LogP contribution in [-0.4, -0.2) is 69.3 Å². The fraction of sp³-hybridized carbons (Fsp3) is 0.500. The van der Waals surface area contributed by atoms with Crippen molar-refractivity contribution in [3.8, 4) is 5.75 Å². The van der Waals surface area contributed by atoms with E-state index in [4.69, 9.17) is 9.47 Å². The number of rotatable bonds is 5. The molecule has 5 rings (SSSR count). The van der Waals surface area contributed by atoms with Crippen LogP contribution in [0.4, 0.5) is 11.4 Å². The van der Waals surface area contributed by atoms with Gasteiger partial charge in [0.15, 0.2) is 0 Å². The number of anilines is 2. The average Bonchev–Trinajstić information content (AvgIpc) is 2.92. The minimum absolute atomic E-state index is 0.0823. The van der Waals surface area contributed by atoms with Crippen LogP contribution in [0.15, 0.2) is 48.5 Å². The lowest BCUT2D eigenvalue weighted by Gasteiger charge is -2.50. The van der Waals surface area contributed by atoms with E-state index in [9.17, 15) is 9.59 Å². The number of likely N-dealkylation sites (tertiary alicyclic amines) is 1. The molecule has 0 aliphatic carbocycles. The molecule has 0 saturated carbocycles. The Kier molecular flexibility index (Phi) is 6.84. The second-order valence-electron chi connectivity index (χ2n) is 9.70. The number of piperazine rings is 1. The van der Waals surface area contributed by atoms with E-state index in [0.717, 1.165) is 31.8 Å². The average molecular weight is 478 g/mol. The summed E-state index contributed by atoms with van der Waals surface area (Å²) >= 11 is 0. The Morgan fingerprint density at radius 2 is 1.77 bits per heavy atom. The number of ether oxygens (including phenoxy) is 2. The molecule has 1 amide bonds. The fourth-order valence-electron chi connectivity index (χ4n) is 5.89. The molecule has 2 aromatic carbocycles. The third-order valence-electron chi connectivity index (χ3n) is 7.79. The Morgan fingerprint density at radius 1 is 1.00 bits per heavy atom. The molecule has 0 spiro atoms. The minimum atomic E-state index is -0.128. The van der Waals surface area contributed by atoms with Crippen LogP contribution in [0.1, 0.15) is 25.3 Å². The van der Waals surface area contributed by atoms with Crippen molar-refractivity contribution in [2.24, 2.45) is 11.8 Å². The molecule has 2 aromatic rings. The fourth-order valence-corrected chi connectivity index (χ4v) is 5.89. The van der Waals surface area contributed by atoms with E-state index in [1.807, 2.05) is 24.0 Å². The minimum Gasteiger partial charge on any atom is -0.497 e. The monoisotopic (exact) mass is 477 g/mol. The summed E-state index contributed by atoms with van der Waals surface area (Å²) in [5, 5.41) is 0. The molecule has 2 fully saturated rings. The standard InChI is InChI=1S/C28H35N3O4/c1-3-35-28(33)20-11-13-29(14-12-20)27(32)24-17-21-9-10-23(34-2)18-25(21)31-16-15-30(19-26(24)31)22-7-5-4-6-8-22/h4-10,18,20,24,26H,3,11-17,19H2,1-2H3. The smallest absolute Gasteiger partial charge is 0.309 e. The predicted octanol–water partition coefficient (Wildman–Crippen LogP) is 3.36. The van der Waals surface area contributed by atoms with Crippen LogP contribution in [-0.2, 0) is 20.7 Å². The molecule has 7 heteroatoms. The normalized spacial score (nSPS) is 22.3. The zero-order chi connectivity index (χ0) is 24.4. The van der Waals surface area contributed by atoms with Crippen LogP contribution < -0.4 is 14.5 Å². The van der Waals surface area contributed by atoms with Gasteiger partial charge in [0, 0.05) is 50.2 Å². The zero-order valence-corrected chi connectivity index (χ0v) is 20.7. The van der Waals surface area contributed by atoms with E-state index in [0.29, 0.717) is 32.5 Å². The first-order valence-corrected chi connectivity index (χ1v) is 12.8. The van der Waals surface area contributed by atoms with E-state index in [2.05, 4.69) is 46.2 Å². The van der Waals surface area contributed by atoms with E-state index >= 15 is 0 Å². The van der Waals surface area contributed by atoms with Crippen molar-refractivity contribution in [1.29, 1.82) is 0 Å².